The summed E-state index contributed by atoms with van der Waals surface area (Å²) in [7, 11) is 0. The first-order chi connectivity index (χ1) is 17.1. The van der Waals surface area contributed by atoms with E-state index in [-0.39, 0.29) is 0 Å². The third-order valence-corrected chi connectivity index (χ3v) is 16.1. The molecule has 0 bridgehead atoms. The van der Waals surface area contributed by atoms with Crippen LogP contribution in [-0.4, -0.2) is 0 Å². The first-order valence-electron chi connectivity index (χ1n) is 12.7. The second kappa shape index (κ2) is 12.6. The Balaban J connectivity index is 1.92. The molecule has 35 heavy (non-hydrogen) atoms. The first-order valence-corrected chi connectivity index (χ1v) is 17.9. The maximum absolute atomic E-state index is 7.18. The van der Waals surface area contributed by atoms with E-state index < -0.39 is 21.1 Å². The molecule has 0 fully saturated rings. The predicted octanol–water partition coefficient (Wildman–Crippen LogP) is 10.2. The summed E-state index contributed by atoms with van der Waals surface area (Å²) in [6, 6.07) is 15.5. The normalized spacial score (nSPS) is 15.4. The van der Waals surface area contributed by atoms with Gasteiger partial charge in [-0.2, -0.15) is 0 Å². The molecule has 0 saturated heterocycles. The van der Waals surface area contributed by atoms with Crippen LogP contribution in [0.4, 0.5) is 0 Å². The van der Waals surface area contributed by atoms with Crippen LogP contribution in [-0.2, 0) is 21.1 Å². The molecule has 184 valence electrons. The Kier molecular flexibility index (Phi) is 9.56. The predicted molar refractivity (Wildman–Crippen MR) is 145 cm³/mol. The molecule has 2 aromatic carbocycles. The molecule has 0 amide bonds. The first kappa shape index (κ1) is 26.5. The summed E-state index contributed by atoms with van der Waals surface area (Å²) >= 11 is 8.58. The topological polar surface area (TPSA) is 18.5 Å². The Morgan fingerprint density at radius 3 is 1.57 bits per heavy atom. The molecule has 2 aliphatic carbocycles. The van der Waals surface area contributed by atoms with Gasteiger partial charge in [0.25, 0.3) is 0 Å². The fraction of sp³-hybridized carbons (Fsp3) is 0.333. The monoisotopic (exact) mass is 586 g/mol. The van der Waals surface area contributed by atoms with Crippen LogP contribution in [0.15, 0.2) is 90.5 Å². The van der Waals surface area contributed by atoms with Gasteiger partial charge in [0.05, 0.1) is 0 Å². The molecular formula is C30H34Cl2O2Zr. The van der Waals surface area contributed by atoms with Gasteiger partial charge in [-0.05, 0) is 0 Å². The summed E-state index contributed by atoms with van der Waals surface area (Å²) in [6.07, 6.45) is 17.6. The van der Waals surface area contributed by atoms with Gasteiger partial charge in [0, 0.05) is 0 Å². The van der Waals surface area contributed by atoms with Crippen molar-refractivity contribution >= 4 is 23.2 Å². The van der Waals surface area contributed by atoms with Crippen LogP contribution in [0.1, 0.15) is 65.2 Å². The zero-order valence-corrected chi connectivity index (χ0v) is 24.6. The second-order valence-corrected chi connectivity index (χ2v) is 17.0. The molecule has 2 aromatic rings. The van der Waals surface area contributed by atoms with Crippen molar-refractivity contribution in [2.75, 3.05) is 0 Å². The van der Waals surface area contributed by atoms with Crippen molar-refractivity contribution in [2.45, 2.75) is 65.2 Å². The van der Waals surface area contributed by atoms with Crippen molar-refractivity contribution in [3.63, 3.8) is 0 Å². The average Bonchev–Trinajstić information content (AvgIpc) is 3.51. The van der Waals surface area contributed by atoms with E-state index in [1.54, 1.807) is 0 Å². The summed E-state index contributed by atoms with van der Waals surface area (Å²) < 4.78 is 17.1. The molecule has 2 aliphatic rings. The zero-order chi connectivity index (χ0) is 24.7. The van der Waals surface area contributed by atoms with Gasteiger partial charge in [-0.15, -0.1) is 0 Å². The molecular weight excluding hydrogens is 554 g/mol. The standard InChI is InChI=1S/2C9H13.2C6H5ClO.Zr/c2*1-2-3-6-9-7-4-5-8-9;2*7-5-2-1-3-6(8)4-5;/h2*4,7H,2-3,5-6H2,1H3;2*1-4,8H;/q;;;;+2/p-2. The molecule has 0 atom stereocenters. The van der Waals surface area contributed by atoms with E-state index in [2.05, 4.69) is 38.2 Å². The Bertz CT molecular complexity index is 1070. The Hall–Kier alpha value is -1.54. The second-order valence-electron chi connectivity index (χ2n) is 9.16. The van der Waals surface area contributed by atoms with E-state index in [9.17, 15) is 0 Å². The van der Waals surface area contributed by atoms with Gasteiger partial charge in [-0.25, -0.2) is 0 Å². The molecule has 0 saturated carbocycles. The number of unbranched alkanes of at least 4 members (excludes halogenated alkanes) is 2. The van der Waals surface area contributed by atoms with E-state index in [0.717, 1.165) is 62.9 Å². The summed E-state index contributed by atoms with van der Waals surface area (Å²) in [4.78, 5) is 0. The van der Waals surface area contributed by atoms with Crippen LogP contribution in [0.5, 0.6) is 11.5 Å². The van der Waals surface area contributed by atoms with Crippen molar-refractivity contribution in [1.82, 2.24) is 0 Å². The van der Waals surface area contributed by atoms with Crippen molar-refractivity contribution in [3.05, 3.63) is 101 Å². The third-order valence-electron chi connectivity index (χ3n) is 6.57. The average molecular weight is 589 g/mol. The minimum absolute atomic E-state index is 0.667. The number of halogens is 2. The number of allylic oxidation sites excluding steroid dienone is 8. The zero-order valence-electron chi connectivity index (χ0n) is 20.7. The Morgan fingerprint density at radius 2 is 1.17 bits per heavy atom. The van der Waals surface area contributed by atoms with E-state index in [1.165, 1.54) is 17.7 Å². The number of hydrogen-bond acceptors (Lipinski definition) is 2. The number of hydrogen-bond donors (Lipinski definition) is 0. The minimum atomic E-state index is -4.23. The Morgan fingerprint density at radius 1 is 0.714 bits per heavy atom. The molecule has 0 radical (unpaired) electrons. The van der Waals surface area contributed by atoms with Gasteiger partial charge in [0.2, 0.25) is 0 Å². The summed E-state index contributed by atoms with van der Waals surface area (Å²) in [5.41, 5.74) is 2.78. The molecule has 0 heterocycles. The molecule has 5 heteroatoms. The fourth-order valence-corrected chi connectivity index (χ4v) is 14.7. The van der Waals surface area contributed by atoms with Gasteiger partial charge in [-0.3, -0.25) is 0 Å². The maximum atomic E-state index is 7.18. The van der Waals surface area contributed by atoms with Crippen LogP contribution in [0, 0.1) is 0 Å². The van der Waals surface area contributed by atoms with Gasteiger partial charge in [0.1, 0.15) is 0 Å². The van der Waals surface area contributed by atoms with Crippen molar-refractivity contribution < 1.29 is 26.8 Å². The number of benzene rings is 2. The number of rotatable bonds is 12. The molecule has 0 spiro atoms. The van der Waals surface area contributed by atoms with Crippen LogP contribution in [0.2, 0.25) is 10.0 Å². The third kappa shape index (κ3) is 6.43. The molecule has 0 aliphatic heterocycles. The molecule has 0 N–H and O–H groups in total. The van der Waals surface area contributed by atoms with E-state index in [4.69, 9.17) is 28.8 Å². The van der Waals surface area contributed by atoms with Crippen molar-refractivity contribution in [3.8, 4) is 11.5 Å². The van der Waals surface area contributed by atoms with Gasteiger partial charge in [-0.1, -0.05) is 0 Å². The SMILES string of the molecule is CCCCC1=[C]([Zr]([O]c2cccc(Cl)c2)([O]c2cccc(Cl)c2)[C]2=C(CCCC)C=CC2)CC=C1. The quantitative estimate of drug-likeness (QED) is 0.246. The van der Waals surface area contributed by atoms with E-state index in [1.807, 2.05) is 48.5 Å². The van der Waals surface area contributed by atoms with Crippen LogP contribution in [0.25, 0.3) is 0 Å². The van der Waals surface area contributed by atoms with E-state index >= 15 is 0 Å². The van der Waals surface area contributed by atoms with Gasteiger partial charge in [0.15, 0.2) is 0 Å². The summed E-state index contributed by atoms with van der Waals surface area (Å²) in [5.74, 6) is 1.55. The Labute approximate surface area is 226 Å². The summed E-state index contributed by atoms with van der Waals surface area (Å²) in [5, 5.41) is 1.33. The van der Waals surface area contributed by atoms with Crippen LogP contribution in [0.3, 0.4) is 0 Å². The fourth-order valence-electron chi connectivity index (χ4n) is 4.84. The van der Waals surface area contributed by atoms with Crippen LogP contribution < -0.4 is 5.63 Å². The van der Waals surface area contributed by atoms with Crippen LogP contribution >= 0.6 is 23.2 Å². The molecule has 4 rings (SSSR count). The van der Waals surface area contributed by atoms with Crippen molar-refractivity contribution in [2.24, 2.45) is 0 Å². The van der Waals surface area contributed by atoms with Gasteiger partial charge >= 0.3 is 227 Å². The molecule has 0 aromatic heterocycles. The summed E-state index contributed by atoms with van der Waals surface area (Å²) in [6.45, 7) is 4.49. The molecule has 0 unspecified atom stereocenters. The van der Waals surface area contributed by atoms with Gasteiger partial charge < -0.3 is 0 Å². The van der Waals surface area contributed by atoms with Crippen molar-refractivity contribution in [1.29, 1.82) is 0 Å². The molecule has 2 nitrogen and oxygen atoms in total. The van der Waals surface area contributed by atoms with E-state index in [0.29, 0.717) is 10.0 Å².